The van der Waals surface area contributed by atoms with Crippen molar-refractivity contribution in [3.05, 3.63) is 60.2 Å². The van der Waals surface area contributed by atoms with Gasteiger partial charge >= 0.3 is 6.61 Å². The lowest BCUT2D eigenvalue weighted by Gasteiger charge is -2.09. The minimum Gasteiger partial charge on any atom is -0.435 e. The number of rotatable bonds is 7. The van der Waals surface area contributed by atoms with Crippen LogP contribution in [0.3, 0.4) is 0 Å². The van der Waals surface area contributed by atoms with Crippen LogP contribution in [-0.2, 0) is 0 Å². The third kappa shape index (κ3) is 4.45. The van der Waals surface area contributed by atoms with Crippen molar-refractivity contribution in [3.8, 4) is 17.2 Å². The van der Waals surface area contributed by atoms with Crippen molar-refractivity contribution in [2.24, 2.45) is 0 Å². The van der Waals surface area contributed by atoms with Crippen molar-refractivity contribution < 1.29 is 22.7 Å². The lowest BCUT2D eigenvalue weighted by molar-refractivity contribution is -0.0498. The zero-order chi connectivity index (χ0) is 18.5. The lowest BCUT2D eigenvalue weighted by Crippen LogP contribution is -2.13. The minimum atomic E-state index is -2.90. The van der Waals surface area contributed by atoms with Crippen molar-refractivity contribution in [2.45, 2.75) is 24.0 Å². The fourth-order valence-electron chi connectivity index (χ4n) is 2.19. The smallest absolute Gasteiger partial charge is 0.387 e. The summed E-state index contributed by atoms with van der Waals surface area (Å²) in [5.74, 6) is 0.195. The van der Waals surface area contributed by atoms with Crippen molar-refractivity contribution >= 4 is 17.5 Å². The lowest BCUT2D eigenvalue weighted by atomic mass is 10.1. The number of hydrogen-bond donors (Lipinski definition) is 0. The average molecular weight is 376 g/mol. The van der Waals surface area contributed by atoms with Gasteiger partial charge in [-0.25, -0.2) is 0 Å². The number of alkyl halides is 2. The molecule has 5 nitrogen and oxygen atoms in total. The van der Waals surface area contributed by atoms with Gasteiger partial charge in [-0.05, 0) is 43.3 Å². The summed E-state index contributed by atoms with van der Waals surface area (Å²) in [4.78, 5) is 12.5. The molecule has 1 heterocycles. The van der Waals surface area contributed by atoms with Crippen molar-refractivity contribution in [1.82, 2.24) is 10.2 Å². The predicted molar refractivity (Wildman–Crippen MR) is 92.5 cm³/mol. The van der Waals surface area contributed by atoms with E-state index in [4.69, 9.17) is 4.42 Å². The van der Waals surface area contributed by atoms with E-state index in [0.717, 1.165) is 17.3 Å². The molecule has 0 aliphatic rings. The number of nitrogens with zero attached hydrogens (tertiary/aromatic N) is 2. The summed E-state index contributed by atoms with van der Waals surface area (Å²) in [7, 11) is 0. The molecule has 0 amide bonds. The van der Waals surface area contributed by atoms with Crippen LogP contribution in [0.4, 0.5) is 8.78 Å². The van der Waals surface area contributed by atoms with E-state index in [-0.39, 0.29) is 16.8 Å². The Bertz CT molecular complexity index is 870. The van der Waals surface area contributed by atoms with Crippen LogP contribution in [0.2, 0.25) is 0 Å². The molecule has 134 valence electrons. The largest absolute Gasteiger partial charge is 0.435 e. The number of ether oxygens (including phenoxy) is 1. The summed E-state index contributed by atoms with van der Waals surface area (Å²) >= 11 is 1.14. The standard InChI is InChI=1S/C18H14F2N2O3S/c1-11(15(23)12-7-9-14(10-8-12)24-17(19)20)26-18-22-21-16(25-18)13-5-3-2-4-6-13/h2-11,17H,1H3/t11-/m0/s1. The van der Waals surface area contributed by atoms with Crippen LogP contribution in [-0.4, -0.2) is 27.8 Å². The average Bonchev–Trinajstić information content (AvgIpc) is 3.10. The first kappa shape index (κ1) is 18.1. The molecule has 26 heavy (non-hydrogen) atoms. The minimum absolute atomic E-state index is 0.00117. The Labute approximate surface area is 152 Å². The highest BCUT2D eigenvalue weighted by Gasteiger charge is 2.20. The number of hydrogen-bond acceptors (Lipinski definition) is 6. The molecule has 0 radical (unpaired) electrons. The van der Waals surface area contributed by atoms with Gasteiger partial charge in [0.1, 0.15) is 5.75 Å². The zero-order valence-corrected chi connectivity index (χ0v) is 14.5. The summed E-state index contributed by atoms with van der Waals surface area (Å²) < 4.78 is 34.2. The molecule has 0 saturated carbocycles. The highest BCUT2D eigenvalue weighted by molar-refractivity contribution is 8.00. The van der Waals surface area contributed by atoms with E-state index < -0.39 is 11.9 Å². The van der Waals surface area contributed by atoms with Gasteiger partial charge in [-0.1, -0.05) is 30.0 Å². The monoisotopic (exact) mass is 376 g/mol. The SMILES string of the molecule is C[C@H](Sc1nnc(-c2ccccc2)o1)C(=O)c1ccc(OC(F)F)cc1. The molecule has 2 aromatic carbocycles. The molecule has 0 saturated heterocycles. The van der Waals surface area contributed by atoms with Crippen LogP contribution in [0, 0.1) is 0 Å². The number of ketones is 1. The van der Waals surface area contributed by atoms with Crippen LogP contribution in [0.5, 0.6) is 5.75 Å². The summed E-state index contributed by atoms with van der Waals surface area (Å²) in [5, 5.41) is 7.72. The second-order valence-electron chi connectivity index (χ2n) is 5.27. The van der Waals surface area contributed by atoms with Gasteiger partial charge in [0.25, 0.3) is 5.22 Å². The van der Waals surface area contributed by atoms with Gasteiger partial charge in [-0.15, -0.1) is 10.2 Å². The van der Waals surface area contributed by atoms with Crippen LogP contribution in [0.25, 0.3) is 11.5 Å². The van der Waals surface area contributed by atoms with Crippen molar-refractivity contribution in [1.29, 1.82) is 0 Å². The Balaban J connectivity index is 1.65. The predicted octanol–water partition coefficient (Wildman–Crippen LogP) is 4.70. The van der Waals surface area contributed by atoms with Gasteiger partial charge in [0.05, 0.1) is 5.25 Å². The van der Waals surface area contributed by atoms with Gasteiger partial charge < -0.3 is 9.15 Å². The molecule has 3 rings (SSSR count). The fraction of sp³-hybridized carbons (Fsp3) is 0.167. The Morgan fingerprint density at radius 2 is 1.77 bits per heavy atom. The van der Waals surface area contributed by atoms with Crippen molar-refractivity contribution in [3.63, 3.8) is 0 Å². The van der Waals surface area contributed by atoms with E-state index in [1.54, 1.807) is 6.92 Å². The topological polar surface area (TPSA) is 65.2 Å². The third-order valence-electron chi connectivity index (χ3n) is 3.44. The highest BCUT2D eigenvalue weighted by atomic mass is 32.2. The van der Waals surface area contributed by atoms with Gasteiger partial charge in [-0.3, -0.25) is 4.79 Å². The Kier molecular flexibility index (Phi) is 5.62. The van der Waals surface area contributed by atoms with Gasteiger partial charge in [-0.2, -0.15) is 8.78 Å². The molecule has 3 aromatic rings. The van der Waals surface area contributed by atoms with Crippen molar-refractivity contribution in [2.75, 3.05) is 0 Å². The van der Waals surface area contributed by atoms with E-state index >= 15 is 0 Å². The summed E-state index contributed by atoms with van der Waals surface area (Å²) in [6.45, 7) is -1.19. The first-order valence-corrected chi connectivity index (χ1v) is 8.55. The third-order valence-corrected chi connectivity index (χ3v) is 4.37. The molecule has 0 unspecified atom stereocenters. The molecule has 8 heteroatoms. The fourth-order valence-corrected chi connectivity index (χ4v) is 2.96. The molecule has 0 fully saturated rings. The maximum Gasteiger partial charge on any atom is 0.387 e. The number of carbonyl (C=O) groups is 1. The van der Waals surface area contributed by atoms with Gasteiger partial charge in [0.2, 0.25) is 5.89 Å². The van der Waals surface area contributed by atoms with Crippen LogP contribution >= 0.6 is 11.8 Å². The molecule has 0 N–H and O–H groups in total. The normalized spacial score (nSPS) is 12.2. The van der Waals surface area contributed by atoms with Crippen LogP contribution in [0.1, 0.15) is 17.3 Å². The summed E-state index contributed by atoms with van der Waals surface area (Å²) in [6, 6.07) is 14.8. The number of halogens is 2. The van der Waals surface area contributed by atoms with Crippen LogP contribution in [0.15, 0.2) is 64.2 Å². The van der Waals surface area contributed by atoms with E-state index in [2.05, 4.69) is 14.9 Å². The Morgan fingerprint density at radius 1 is 1.08 bits per heavy atom. The number of aromatic nitrogens is 2. The molecule has 0 aliphatic carbocycles. The first-order chi connectivity index (χ1) is 12.5. The Morgan fingerprint density at radius 3 is 2.42 bits per heavy atom. The van der Waals surface area contributed by atoms with E-state index in [1.165, 1.54) is 24.3 Å². The molecule has 0 bridgehead atoms. The number of Topliss-reactive ketones (excluding diaryl/α,β-unsaturated/α-hetero) is 1. The number of carbonyl (C=O) groups excluding carboxylic acids is 1. The highest BCUT2D eigenvalue weighted by Crippen LogP contribution is 2.28. The summed E-state index contributed by atoms with van der Waals surface area (Å²) in [6.07, 6.45) is 0. The molecular weight excluding hydrogens is 362 g/mol. The van der Waals surface area contributed by atoms with E-state index in [0.29, 0.717) is 11.5 Å². The first-order valence-electron chi connectivity index (χ1n) is 7.67. The molecule has 0 aliphatic heterocycles. The van der Waals surface area contributed by atoms with Gasteiger partial charge in [0, 0.05) is 11.1 Å². The van der Waals surface area contributed by atoms with E-state index in [9.17, 15) is 13.6 Å². The second kappa shape index (κ2) is 8.09. The molecule has 1 atom stereocenters. The number of benzene rings is 2. The van der Waals surface area contributed by atoms with Gasteiger partial charge in [0.15, 0.2) is 5.78 Å². The Hall–Kier alpha value is -2.74. The van der Waals surface area contributed by atoms with E-state index in [1.807, 2.05) is 30.3 Å². The quantitative estimate of drug-likeness (QED) is 0.440. The summed E-state index contributed by atoms with van der Waals surface area (Å²) in [5.41, 5.74) is 1.18. The van der Waals surface area contributed by atoms with Crippen LogP contribution < -0.4 is 4.74 Å². The maximum atomic E-state index is 12.5. The zero-order valence-electron chi connectivity index (χ0n) is 13.6. The maximum absolute atomic E-state index is 12.5. The molecule has 1 aromatic heterocycles. The molecule has 0 spiro atoms. The molecular formula is C18H14F2N2O3S. The second-order valence-corrected chi connectivity index (χ2v) is 6.56. The number of thioether (sulfide) groups is 1.